The van der Waals surface area contributed by atoms with Gasteiger partial charge in [0.25, 0.3) is 5.91 Å². The number of hydrogen-bond donors (Lipinski definition) is 1. The Hall–Kier alpha value is -3.09. The Morgan fingerprint density at radius 2 is 2.00 bits per heavy atom. The van der Waals surface area contributed by atoms with Crippen LogP contribution in [0.25, 0.3) is 0 Å². The number of hydrogen-bond acceptors (Lipinski definition) is 4. The van der Waals surface area contributed by atoms with E-state index in [1.807, 2.05) is 0 Å². The van der Waals surface area contributed by atoms with Crippen molar-refractivity contribution in [1.29, 1.82) is 0 Å². The Bertz CT molecular complexity index is 847. The van der Waals surface area contributed by atoms with Crippen molar-refractivity contribution in [1.82, 2.24) is 0 Å². The number of amides is 1. The van der Waals surface area contributed by atoms with Gasteiger partial charge in [-0.2, -0.15) is 5.10 Å². The van der Waals surface area contributed by atoms with Crippen LogP contribution in [-0.2, 0) is 4.79 Å². The summed E-state index contributed by atoms with van der Waals surface area (Å²) in [6.07, 6.45) is 1.35. The van der Waals surface area contributed by atoms with E-state index in [9.17, 15) is 13.6 Å². The quantitative estimate of drug-likeness (QED) is 0.699. The predicted octanol–water partition coefficient (Wildman–Crippen LogP) is 2.75. The lowest BCUT2D eigenvalue weighted by atomic mass is 10.1. The molecule has 1 aliphatic rings. The van der Waals surface area contributed by atoms with Crippen LogP contribution in [0.5, 0.6) is 5.75 Å². The van der Waals surface area contributed by atoms with Gasteiger partial charge in [0, 0.05) is 5.56 Å². The molecule has 1 aliphatic heterocycles. The maximum absolute atomic E-state index is 13.3. The van der Waals surface area contributed by atoms with Crippen molar-refractivity contribution in [2.45, 2.75) is 0 Å². The van der Waals surface area contributed by atoms with Gasteiger partial charge >= 0.3 is 0 Å². The van der Waals surface area contributed by atoms with Crippen LogP contribution in [0.3, 0.4) is 0 Å². The van der Waals surface area contributed by atoms with Crippen LogP contribution in [-0.4, -0.2) is 24.9 Å². The third kappa shape index (κ3) is 2.94. The van der Waals surface area contributed by atoms with E-state index in [1.54, 1.807) is 0 Å². The van der Waals surface area contributed by atoms with E-state index in [-0.39, 0.29) is 11.5 Å². The third-order valence-corrected chi connectivity index (χ3v) is 3.24. The highest BCUT2D eigenvalue weighted by molar-refractivity contribution is 6.53. The monoisotopic (exact) mass is 315 g/mol. The number of benzene rings is 2. The number of nitrogens with zero attached hydrogens (tertiary/aromatic N) is 2. The standard InChI is InChI=1S/C16H11F2N3O2/c1-23-14-6-9(2-4-12(14)18)8-19-21-15-11-7-10(17)3-5-13(11)20-16(15)22/h2-8H,1H3,(H,20,21,22)/b19-8+. The number of ether oxygens (including phenoxy) is 1. The Balaban J connectivity index is 1.89. The van der Waals surface area contributed by atoms with Crippen LogP contribution in [0.1, 0.15) is 11.1 Å². The van der Waals surface area contributed by atoms with Crippen LogP contribution in [0, 0.1) is 11.6 Å². The second-order valence-corrected chi connectivity index (χ2v) is 4.73. The van der Waals surface area contributed by atoms with Crippen LogP contribution in [0.4, 0.5) is 14.5 Å². The molecule has 1 heterocycles. The van der Waals surface area contributed by atoms with E-state index in [1.165, 1.54) is 49.7 Å². The van der Waals surface area contributed by atoms with Crippen molar-refractivity contribution >= 4 is 23.5 Å². The van der Waals surface area contributed by atoms with Crippen molar-refractivity contribution in [3.05, 3.63) is 59.2 Å². The lowest BCUT2D eigenvalue weighted by Gasteiger charge is -2.01. The molecule has 1 N–H and O–H groups in total. The van der Waals surface area contributed by atoms with Crippen molar-refractivity contribution in [3.63, 3.8) is 0 Å². The molecular weight excluding hydrogens is 304 g/mol. The average Bonchev–Trinajstić information content (AvgIpc) is 2.84. The van der Waals surface area contributed by atoms with Gasteiger partial charge in [-0.1, -0.05) is 6.07 Å². The van der Waals surface area contributed by atoms with Crippen LogP contribution in [0.15, 0.2) is 46.6 Å². The molecule has 2 aromatic carbocycles. The van der Waals surface area contributed by atoms with E-state index in [2.05, 4.69) is 15.5 Å². The van der Waals surface area contributed by atoms with Crippen LogP contribution in [0.2, 0.25) is 0 Å². The van der Waals surface area contributed by atoms with Crippen LogP contribution >= 0.6 is 0 Å². The summed E-state index contributed by atoms with van der Waals surface area (Å²) in [5.74, 6) is -1.34. The molecule has 3 rings (SSSR count). The number of fused-ring (bicyclic) bond motifs is 1. The van der Waals surface area contributed by atoms with Crippen molar-refractivity contribution in [3.8, 4) is 5.75 Å². The summed E-state index contributed by atoms with van der Waals surface area (Å²) in [5, 5.41) is 10.2. The average molecular weight is 315 g/mol. The molecule has 0 spiro atoms. The number of anilines is 1. The zero-order chi connectivity index (χ0) is 16.4. The number of nitrogens with one attached hydrogen (secondary N) is 1. The molecule has 0 aromatic heterocycles. The zero-order valence-electron chi connectivity index (χ0n) is 12.0. The number of rotatable bonds is 3. The molecule has 0 atom stereocenters. The summed E-state index contributed by atoms with van der Waals surface area (Å²) in [5.41, 5.74) is 1.40. The molecular formula is C16H11F2N3O2. The van der Waals surface area contributed by atoms with Crippen molar-refractivity contribution < 1.29 is 18.3 Å². The van der Waals surface area contributed by atoms with Crippen LogP contribution < -0.4 is 10.1 Å². The van der Waals surface area contributed by atoms with Gasteiger partial charge in [-0.15, -0.1) is 5.10 Å². The topological polar surface area (TPSA) is 63.1 Å². The van der Waals surface area contributed by atoms with Gasteiger partial charge in [-0.05, 0) is 35.9 Å². The summed E-state index contributed by atoms with van der Waals surface area (Å²) in [4.78, 5) is 11.8. The molecule has 0 unspecified atom stereocenters. The van der Waals surface area contributed by atoms with E-state index >= 15 is 0 Å². The van der Waals surface area contributed by atoms with Crippen molar-refractivity contribution in [2.24, 2.45) is 10.2 Å². The highest BCUT2D eigenvalue weighted by atomic mass is 19.1. The zero-order valence-corrected chi connectivity index (χ0v) is 12.0. The highest BCUT2D eigenvalue weighted by Gasteiger charge is 2.26. The van der Waals surface area contributed by atoms with E-state index in [0.717, 1.165) is 0 Å². The fourth-order valence-corrected chi connectivity index (χ4v) is 2.13. The molecule has 0 saturated carbocycles. The molecule has 1 amide bonds. The van der Waals surface area contributed by atoms with Gasteiger partial charge in [0.1, 0.15) is 5.82 Å². The van der Waals surface area contributed by atoms with E-state index in [0.29, 0.717) is 16.8 Å². The van der Waals surface area contributed by atoms with Gasteiger partial charge in [0.05, 0.1) is 19.0 Å². The van der Waals surface area contributed by atoms with Gasteiger partial charge in [-0.3, -0.25) is 4.79 Å². The minimum atomic E-state index is -0.490. The summed E-state index contributed by atoms with van der Waals surface area (Å²) in [6.45, 7) is 0. The first-order chi connectivity index (χ1) is 11.1. The maximum Gasteiger partial charge on any atom is 0.276 e. The largest absolute Gasteiger partial charge is 0.494 e. The summed E-state index contributed by atoms with van der Waals surface area (Å²) in [7, 11) is 1.36. The first-order valence-corrected chi connectivity index (χ1v) is 6.64. The first-order valence-electron chi connectivity index (χ1n) is 6.64. The first kappa shape index (κ1) is 14.8. The van der Waals surface area contributed by atoms with E-state index in [4.69, 9.17) is 4.74 Å². The second-order valence-electron chi connectivity index (χ2n) is 4.73. The van der Waals surface area contributed by atoms with Gasteiger partial charge in [0.2, 0.25) is 0 Å². The molecule has 7 heteroatoms. The Morgan fingerprint density at radius 3 is 2.78 bits per heavy atom. The number of carbonyl (C=O) groups is 1. The molecule has 5 nitrogen and oxygen atoms in total. The summed E-state index contributed by atoms with van der Waals surface area (Å²) >= 11 is 0. The summed E-state index contributed by atoms with van der Waals surface area (Å²) < 4.78 is 31.5. The van der Waals surface area contributed by atoms with Gasteiger partial charge in [-0.25, -0.2) is 8.78 Å². The molecule has 2 aromatic rings. The minimum absolute atomic E-state index is 0.0184. The lowest BCUT2D eigenvalue weighted by molar-refractivity contribution is -0.110. The fraction of sp³-hybridized carbons (Fsp3) is 0.0625. The van der Waals surface area contributed by atoms with Crippen molar-refractivity contribution in [2.75, 3.05) is 12.4 Å². The molecule has 23 heavy (non-hydrogen) atoms. The Kier molecular flexibility index (Phi) is 3.84. The number of carbonyl (C=O) groups excluding carboxylic acids is 1. The second kappa shape index (κ2) is 5.96. The predicted molar refractivity (Wildman–Crippen MR) is 82.1 cm³/mol. The van der Waals surface area contributed by atoms with Gasteiger partial charge in [0.15, 0.2) is 17.3 Å². The molecule has 0 bridgehead atoms. The number of halogens is 2. The third-order valence-electron chi connectivity index (χ3n) is 3.24. The molecule has 0 aliphatic carbocycles. The Labute approximate surface area is 130 Å². The molecule has 0 radical (unpaired) electrons. The van der Waals surface area contributed by atoms with E-state index < -0.39 is 17.5 Å². The highest BCUT2D eigenvalue weighted by Crippen LogP contribution is 2.24. The molecule has 116 valence electrons. The van der Waals surface area contributed by atoms with Gasteiger partial charge < -0.3 is 10.1 Å². The fourth-order valence-electron chi connectivity index (χ4n) is 2.13. The minimum Gasteiger partial charge on any atom is -0.494 e. The number of methoxy groups -OCH3 is 1. The summed E-state index contributed by atoms with van der Waals surface area (Å²) in [6, 6.07) is 8.09. The normalized spacial score (nSPS) is 15.1. The molecule has 0 saturated heterocycles. The Morgan fingerprint density at radius 1 is 1.17 bits per heavy atom. The SMILES string of the molecule is COc1cc(/C=N/N=C2\C(=O)Nc3ccc(F)cc32)ccc1F. The lowest BCUT2D eigenvalue weighted by Crippen LogP contribution is -2.13. The smallest absolute Gasteiger partial charge is 0.276 e. The maximum atomic E-state index is 13.3. The molecule has 0 fully saturated rings.